The predicted molar refractivity (Wildman–Crippen MR) is 147 cm³/mol. The number of para-hydroxylation sites is 1. The van der Waals surface area contributed by atoms with Crippen molar-refractivity contribution in [1.29, 1.82) is 0 Å². The van der Waals surface area contributed by atoms with E-state index >= 15 is 0 Å². The molecule has 0 unspecified atom stereocenters. The van der Waals surface area contributed by atoms with Gasteiger partial charge < -0.3 is 14.1 Å². The summed E-state index contributed by atoms with van der Waals surface area (Å²) < 4.78 is 13.1. The molecule has 0 saturated carbocycles. The average molecular weight is 509 g/mol. The third kappa shape index (κ3) is 4.40. The van der Waals surface area contributed by atoms with Gasteiger partial charge >= 0.3 is 5.63 Å². The van der Waals surface area contributed by atoms with Crippen LogP contribution in [0.2, 0.25) is 0 Å². The summed E-state index contributed by atoms with van der Waals surface area (Å²) in [6.07, 6.45) is 1.96. The molecule has 0 aliphatic heterocycles. The summed E-state index contributed by atoms with van der Waals surface area (Å²) in [4.78, 5) is 15.6. The first-order chi connectivity index (χ1) is 18.1. The van der Waals surface area contributed by atoms with Gasteiger partial charge in [-0.3, -0.25) is 4.57 Å². The summed E-state index contributed by atoms with van der Waals surface area (Å²) in [5, 5.41) is 11.9. The van der Waals surface area contributed by atoms with Gasteiger partial charge in [0.05, 0.1) is 6.61 Å². The third-order valence-electron chi connectivity index (χ3n) is 6.21. The Hall–Kier alpha value is -4.30. The molecule has 0 amide bonds. The molecule has 7 nitrogen and oxygen atoms in total. The summed E-state index contributed by atoms with van der Waals surface area (Å²) in [5.74, 6) is 2.07. The minimum Gasteiger partial charge on any atom is -0.494 e. The van der Waals surface area contributed by atoms with Crippen LogP contribution in [-0.4, -0.2) is 26.4 Å². The molecular weight excluding hydrogens is 484 g/mol. The van der Waals surface area contributed by atoms with Crippen molar-refractivity contribution in [2.45, 2.75) is 24.8 Å². The topological polar surface area (TPSA) is 85.9 Å². The van der Waals surface area contributed by atoms with Gasteiger partial charge in [0.1, 0.15) is 11.3 Å². The van der Waals surface area contributed by atoms with Crippen LogP contribution in [0.3, 0.4) is 0 Å². The Bertz CT molecular complexity index is 1780. The molecule has 0 spiro atoms. The molecule has 6 aromatic rings. The fraction of sp³-hybridized carbons (Fsp3) is 0.138. The first-order valence-electron chi connectivity index (χ1n) is 12.0. The third-order valence-corrected chi connectivity index (χ3v) is 7.19. The molecule has 3 heterocycles. The fourth-order valence-corrected chi connectivity index (χ4v) is 5.43. The molecule has 0 aliphatic rings. The number of aryl methyl sites for hydroxylation is 1. The zero-order valence-corrected chi connectivity index (χ0v) is 21.2. The second-order valence-corrected chi connectivity index (χ2v) is 9.64. The first kappa shape index (κ1) is 23.1. The van der Waals surface area contributed by atoms with E-state index < -0.39 is 0 Å². The maximum Gasteiger partial charge on any atom is 0.336 e. The fourth-order valence-electron chi connectivity index (χ4n) is 4.48. The second kappa shape index (κ2) is 9.63. The highest BCUT2D eigenvalue weighted by Crippen LogP contribution is 2.34. The Morgan fingerprint density at radius 2 is 1.84 bits per heavy atom. The number of fused-ring (bicyclic) bond motifs is 2. The largest absolute Gasteiger partial charge is 0.494 e. The normalized spacial score (nSPS) is 11.4. The van der Waals surface area contributed by atoms with Crippen molar-refractivity contribution in [3.05, 3.63) is 101 Å². The van der Waals surface area contributed by atoms with Gasteiger partial charge in [-0.1, -0.05) is 42.1 Å². The van der Waals surface area contributed by atoms with Crippen LogP contribution in [-0.2, 0) is 5.75 Å². The molecule has 3 aromatic heterocycles. The standard InChI is InChI=1S/C29H24N4O3S/c1-3-35-21-11-9-20(10-12-21)33-28(24-16-30-25-7-5-4-6-23(24)25)31-32-29(33)37-17-19-15-27(34)36-26-14-18(2)8-13-22(19)26/h4-16,30H,3,17H2,1-2H3. The summed E-state index contributed by atoms with van der Waals surface area (Å²) in [6.45, 7) is 4.55. The Morgan fingerprint density at radius 3 is 2.68 bits per heavy atom. The highest BCUT2D eigenvalue weighted by molar-refractivity contribution is 7.98. The van der Waals surface area contributed by atoms with E-state index in [2.05, 4.69) is 21.2 Å². The predicted octanol–water partition coefficient (Wildman–Crippen LogP) is 6.52. The van der Waals surface area contributed by atoms with Crippen molar-refractivity contribution in [3.8, 4) is 22.8 Å². The van der Waals surface area contributed by atoms with E-state index in [1.165, 1.54) is 11.8 Å². The maximum atomic E-state index is 12.3. The lowest BCUT2D eigenvalue weighted by molar-refractivity contribution is 0.340. The lowest BCUT2D eigenvalue weighted by atomic mass is 10.1. The smallest absolute Gasteiger partial charge is 0.336 e. The zero-order valence-electron chi connectivity index (χ0n) is 20.4. The summed E-state index contributed by atoms with van der Waals surface area (Å²) in [5.41, 5.74) is 5.09. The zero-order chi connectivity index (χ0) is 25.4. The number of aromatic amines is 1. The van der Waals surface area contributed by atoms with Crippen LogP contribution in [0.25, 0.3) is 38.9 Å². The van der Waals surface area contributed by atoms with Crippen molar-refractivity contribution in [3.63, 3.8) is 0 Å². The molecule has 0 bridgehead atoms. The van der Waals surface area contributed by atoms with Crippen molar-refractivity contribution >= 4 is 33.6 Å². The van der Waals surface area contributed by atoms with Crippen molar-refractivity contribution in [1.82, 2.24) is 19.7 Å². The highest BCUT2D eigenvalue weighted by atomic mass is 32.2. The monoisotopic (exact) mass is 508 g/mol. The van der Waals surface area contributed by atoms with E-state index in [0.29, 0.717) is 17.9 Å². The van der Waals surface area contributed by atoms with Crippen molar-refractivity contribution < 1.29 is 9.15 Å². The molecule has 0 radical (unpaired) electrons. The average Bonchev–Trinajstić information content (AvgIpc) is 3.51. The van der Waals surface area contributed by atoms with Gasteiger partial charge in [-0.25, -0.2) is 4.79 Å². The molecule has 1 N–H and O–H groups in total. The molecule has 3 aromatic carbocycles. The van der Waals surface area contributed by atoms with E-state index in [9.17, 15) is 4.79 Å². The summed E-state index contributed by atoms with van der Waals surface area (Å²) in [7, 11) is 0. The molecule has 184 valence electrons. The van der Waals surface area contributed by atoms with Gasteiger partial charge in [0.15, 0.2) is 11.0 Å². The van der Waals surface area contributed by atoms with Gasteiger partial charge in [0.25, 0.3) is 0 Å². The van der Waals surface area contributed by atoms with Crippen LogP contribution in [0.5, 0.6) is 5.75 Å². The number of hydrogen-bond donors (Lipinski definition) is 1. The van der Waals surface area contributed by atoms with Crippen LogP contribution >= 0.6 is 11.8 Å². The lowest BCUT2D eigenvalue weighted by Gasteiger charge is -2.12. The van der Waals surface area contributed by atoms with Crippen LogP contribution in [0.1, 0.15) is 18.1 Å². The van der Waals surface area contributed by atoms with Crippen LogP contribution < -0.4 is 10.4 Å². The number of aromatic nitrogens is 4. The summed E-state index contributed by atoms with van der Waals surface area (Å²) >= 11 is 1.53. The SMILES string of the molecule is CCOc1ccc(-n2c(SCc3cc(=O)oc4cc(C)ccc34)nnc2-c2c[nH]c3ccccc23)cc1. The number of rotatable bonds is 7. The lowest BCUT2D eigenvalue weighted by Crippen LogP contribution is -2.02. The van der Waals surface area contributed by atoms with Gasteiger partial charge in [-0.15, -0.1) is 10.2 Å². The first-order valence-corrected chi connectivity index (χ1v) is 13.0. The highest BCUT2D eigenvalue weighted by Gasteiger charge is 2.20. The van der Waals surface area contributed by atoms with Crippen LogP contribution in [0.4, 0.5) is 0 Å². The minimum atomic E-state index is -0.360. The number of nitrogens with one attached hydrogen (secondary N) is 1. The molecule has 8 heteroatoms. The van der Waals surface area contributed by atoms with E-state index in [1.807, 2.05) is 85.3 Å². The van der Waals surface area contributed by atoms with E-state index in [1.54, 1.807) is 6.07 Å². The number of ether oxygens (including phenoxy) is 1. The molecular formula is C29H24N4O3S. The number of benzene rings is 3. The van der Waals surface area contributed by atoms with Crippen LogP contribution in [0.15, 0.2) is 93.4 Å². The minimum absolute atomic E-state index is 0.360. The van der Waals surface area contributed by atoms with Gasteiger partial charge in [-0.2, -0.15) is 0 Å². The van der Waals surface area contributed by atoms with Crippen LogP contribution in [0, 0.1) is 6.92 Å². The van der Waals surface area contributed by atoms with Crippen molar-refractivity contribution in [2.24, 2.45) is 0 Å². The Morgan fingerprint density at radius 1 is 1.00 bits per heavy atom. The number of H-pyrrole nitrogens is 1. The molecule has 6 rings (SSSR count). The number of thioether (sulfide) groups is 1. The van der Waals surface area contributed by atoms with Gasteiger partial charge in [0.2, 0.25) is 0 Å². The quantitative estimate of drug-likeness (QED) is 0.195. The Balaban J connectivity index is 1.44. The van der Waals surface area contributed by atoms with Gasteiger partial charge in [-0.05, 0) is 61.4 Å². The maximum absolute atomic E-state index is 12.3. The van der Waals surface area contributed by atoms with Gasteiger partial charge in [0, 0.05) is 45.6 Å². The van der Waals surface area contributed by atoms with E-state index in [4.69, 9.17) is 9.15 Å². The second-order valence-electron chi connectivity index (χ2n) is 8.70. The number of hydrogen-bond acceptors (Lipinski definition) is 6. The summed E-state index contributed by atoms with van der Waals surface area (Å²) in [6, 6.07) is 23.5. The molecule has 0 atom stereocenters. The van der Waals surface area contributed by atoms with E-state index in [0.717, 1.165) is 55.4 Å². The molecule has 0 fully saturated rings. The van der Waals surface area contributed by atoms with Crippen molar-refractivity contribution in [2.75, 3.05) is 6.61 Å². The Kier molecular flexibility index (Phi) is 6.02. The molecule has 0 saturated heterocycles. The Labute approximate surface area is 217 Å². The number of nitrogens with zero attached hydrogens (tertiary/aromatic N) is 3. The molecule has 37 heavy (non-hydrogen) atoms. The van der Waals surface area contributed by atoms with E-state index in [-0.39, 0.29) is 5.63 Å². The molecule has 0 aliphatic carbocycles.